The summed E-state index contributed by atoms with van der Waals surface area (Å²) in [6.07, 6.45) is 0.515. The molecule has 5 nitrogen and oxygen atoms in total. The SMILES string of the molecule is CC(=O)c1ccc(OCC2CN(C(=O)C3=C(C)c4ccccc4C3)CCO2)cc1C. The number of Topliss-reactive ketones (excluding diaryl/α,β-unsaturated/α-hetero) is 1. The van der Waals surface area contributed by atoms with Crippen molar-refractivity contribution in [2.24, 2.45) is 0 Å². The second-order valence-corrected chi connectivity index (χ2v) is 8.03. The predicted octanol–water partition coefficient (Wildman–Crippen LogP) is 3.83. The number of morpholine rings is 1. The number of nitrogens with zero attached hydrogens (tertiary/aromatic N) is 1. The lowest BCUT2D eigenvalue weighted by Crippen LogP contribution is -2.48. The number of hydrogen-bond donors (Lipinski definition) is 0. The van der Waals surface area contributed by atoms with Crippen LogP contribution in [0, 0.1) is 6.92 Å². The average molecular weight is 405 g/mol. The minimum atomic E-state index is -0.180. The normalized spacial score (nSPS) is 18.4. The van der Waals surface area contributed by atoms with Gasteiger partial charge in [-0.2, -0.15) is 0 Å². The van der Waals surface area contributed by atoms with Crippen LogP contribution in [0.3, 0.4) is 0 Å². The molecule has 0 saturated carbocycles. The van der Waals surface area contributed by atoms with E-state index in [-0.39, 0.29) is 17.8 Å². The quantitative estimate of drug-likeness (QED) is 0.710. The molecule has 5 heteroatoms. The van der Waals surface area contributed by atoms with Crippen molar-refractivity contribution in [2.75, 3.05) is 26.3 Å². The van der Waals surface area contributed by atoms with Crippen molar-refractivity contribution in [1.82, 2.24) is 4.90 Å². The van der Waals surface area contributed by atoms with Gasteiger partial charge in [-0.15, -0.1) is 0 Å². The van der Waals surface area contributed by atoms with Crippen molar-refractivity contribution in [3.63, 3.8) is 0 Å². The van der Waals surface area contributed by atoms with Gasteiger partial charge in [0.2, 0.25) is 0 Å². The summed E-state index contributed by atoms with van der Waals surface area (Å²) in [5.41, 5.74) is 5.96. The summed E-state index contributed by atoms with van der Waals surface area (Å²) in [7, 11) is 0. The first-order valence-corrected chi connectivity index (χ1v) is 10.4. The Balaban J connectivity index is 1.38. The molecular weight excluding hydrogens is 378 g/mol. The molecular formula is C25H27NO4. The Labute approximate surface area is 177 Å². The number of carbonyl (C=O) groups is 2. The highest BCUT2D eigenvalue weighted by Crippen LogP contribution is 2.33. The Morgan fingerprint density at radius 1 is 1.17 bits per heavy atom. The Bertz CT molecular complexity index is 1020. The van der Waals surface area contributed by atoms with Crippen molar-refractivity contribution in [3.05, 3.63) is 70.3 Å². The third-order valence-electron chi connectivity index (χ3n) is 5.94. The van der Waals surface area contributed by atoms with Crippen LogP contribution in [0.1, 0.15) is 40.9 Å². The van der Waals surface area contributed by atoms with Gasteiger partial charge in [-0.05, 0) is 61.2 Å². The fraction of sp³-hybridized carbons (Fsp3) is 0.360. The molecule has 1 fully saturated rings. The second kappa shape index (κ2) is 8.44. The van der Waals surface area contributed by atoms with Crippen LogP contribution < -0.4 is 4.74 Å². The average Bonchev–Trinajstić information content (AvgIpc) is 3.08. The van der Waals surface area contributed by atoms with Crippen molar-refractivity contribution in [1.29, 1.82) is 0 Å². The van der Waals surface area contributed by atoms with E-state index < -0.39 is 0 Å². The van der Waals surface area contributed by atoms with E-state index in [0.29, 0.717) is 44.0 Å². The summed E-state index contributed by atoms with van der Waals surface area (Å²) in [6.45, 7) is 7.46. The maximum Gasteiger partial charge on any atom is 0.250 e. The first kappa shape index (κ1) is 20.4. The molecule has 2 aromatic rings. The largest absolute Gasteiger partial charge is 0.491 e. The lowest BCUT2D eigenvalue weighted by Gasteiger charge is -2.33. The van der Waals surface area contributed by atoms with E-state index in [1.54, 1.807) is 19.1 Å². The molecule has 1 saturated heterocycles. The van der Waals surface area contributed by atoms with Gasteiger partial charge in [0, 0.05) is 24.1 Å². The van der Waals surface area contributed by atoms with Crippen molar-refractivity contribution in [3.8, 4) is 5.75 Å². The number of ketones is 1. The predicted molar refractivity (Wildman–Crippen MR) is 116 cm³/mol. The van der Waals surface area contributed by atoms with Gasteiger partial charge in [0.25, 0.3) is 5.91 Å². The van der Waals surface area contributed by atoms with Crippen LogP contribution in [0.2, 0.25) is 0 Å². The number of hydrogen-bond acceptors (Lipinski definition) is 4. The maximum atomic E-state index is 13.2. The summed E-state index contributed by atoms with van der Waals surface area (Å²) in [5, 5.41) is 0. The van der Waals surface area contributed by atoms with Crippen LogP contribution in [-0.2, 0) is 16.0 Å². The Kier molecular flexibility index (Phi) is 5.73. The molecule has 1 amide bonds. The zero-order valence-electron chi connectivity index (χ0n) is 17.7. The van der Waals surface area contributed by atoms with Crippen molar-refractivity contribution < 1.29 is 19.1 Å². The molecule has 0 spiro atoms. The van der Waals surface area contributed by atoms with Crippen LogP contribution >= 0.6 is 0 Å². The fourth-order valence-electron chi connectivity index (χ4n) is 4.27. The summed E-state index contributed by atoms with van der Waals surface area (Å²) in [4.78, 5) is 26.7. The van der Waals surface area contributed by atoms with E-state index in [0.717, 1.165) is 16.7 Å². The molecule has 30 heavy (non-hydrogen) atoms. The van der Waals surface area contributed by atoms with Crippen LogP contribution in [0.15, 0.2) is 48.0 Å². The van der Waals surface area contributed by atoms with Gasteiger partial charge in [0.15, 0.2) is 5.78 Å². The molecule has 0 radical (unpaired) electrons. The van der Waals surface area contributed by atoms with E-state index in [1.807, 2.05) is 36.9 Å². The third-order valence-corrected chi connectivity index (χ3v) is 5.94. The van der Waals surface area contributed by atoms with Crippen molar-refractivity contribution in [2.45, 2.75) is 33.3 Å². The zero-order chi connectivity index (χ0) is 21.3. The molecule has 0 N–H and O–H groups in total. The number of fused-ring (bicyclic) bond motifs is 1. The van der Waals surface area contributed by atoms with Crippen molar-refractivity contribution >= 4 is 17.3 Å². The van der Waals surface area contributed by atoms with Gasteiger partial charge >= 0.3 is 0 Å². The first-order chi connectivity index (χ1) is 14.4. The molecule has 1 heterocycles. The minimum Gasteiger partial charge on any atom is -0.491 e. The van der Waals surface area contributed by atoms with Crippen LogP contribution in [0.25, 0.3) is 5.57 Å². The van der Waals surface area contributed by atoms with Gasteiger partial charge in [0.05, 0.1) is 13.2 Å². The van der Waals surface area contributed by atoms with Gasteiger partial charge in [-0.1, -0.05) is 24.3 Å². The van der Waals surface area contributed by atoms with Crippen LogP contribution in [0.4, 0.5) is 0 Å². The fourth-order valence-corrected chi connectivity index (χ4v) is 4.27. The molecule has 0 bridgehead atoms. The van der Waals surface area contributed by atoms with Gasteiger partial charge in [-0.25, -0.2) is 0 Å². The summed E-state index contributed by atoms with van der Waals surface area (Å²) in [6, 6.07) is 13.7. The standard InChI is InChI=1S/C25H27NO4/c1-16-12-20(8-9-22(16)18(3)27)30-15-21-14-26(10-11-29-21)25(28)24-13-19-6-4-5-7-23(19)17(24)2/h4-9,12,21H,10-11,13-15H2,1-3H3. The number of aryl methyl sites for hydroxylation is 1. The Hall–Kier alpha value is -2.92. The summed E-state index contributed by atoms with van der Waals surface area (Å²) >= 11 is 0. The van der Waals surface area contributed by atoms with E-state index in [1.165, 1.54) is 11.1 Å². The van der Waals surface area contributed by atoms with Gasteiger partial charge < -0.3 is 14.4 Å². The molecule has 1 aliphatic heterocycles. The highest BCUT2D eigenvalue weighted by molar-refractivity contribution is 6.03. The number of amides is 1. The molecule has 1 atom stereocenters. The maximum absolute atomic E-state index is 13.2. The van der Waals surface area contributed by atoms with Crippen LogP contribution in [-0.4, -0.2) is 49.0 Å². The molecule has 1 unspecified atom stereocenters. The topological polar surface area (TPSA) is 55.8 Å². The minimum absolute atomic E-state index is 0.0440. The van der Waals surface area contributed by atoms with E-state index in [9.17, 15) is 9.59 Å². The monoisotopic (exact) mass is 405 g/mol. The zero-order valence-corrected chi connectivity index (χ0v) is 17.7. The lowest BCUT2D eigenvalue weighted by atomic mass is 10.1. The smallest absolute Gasteiger partial charge is 0.250 e. The van der Waals surface area contributed by atoms with Crippen LogP contribution in [0.5, 0.6) is 5.75 Å². The van der Waals surface area contributed by atoms with E-state index in [2.05, 4.69) is 12.1 Å². The van der Waals surface area contributed by atoms with E-state index >= 15 is 0 Å². The number of carbonyl (C=O) groups excluding carboxylic acids is 2. The second-order valence-electron chi connectivity index (χ2n) is 8.03. The molecule has 1 aliphatic carbocycles. The Morgan fingerprint density at radius 2 is 1.97 bits per heavy atom. The molecule has 4 rings (SSSR count). The van der Waals surface area contributed by atoms with E-state index in [4.69, 9.17) is 9.47 Å². The number of allylic oxidation sites excluding steroid dienone is 1. The molecule has 2 aliphatic rings. The highest BCUT2D eigenvalue weighted by Gasteiger charge is 2.30. The number of benzene rings is 2. The third kappa shape index (κ3) is 4.03. The number of ether oxygens (including phenoxy) is 2. The lowest BCUT2D eigenvalue weighted by molar-refractivity contribution is -0.135. The Morgan fingerprint density at radius 3 is 2.70 bits per heavy atom. The highest BCUT2D eigenvalue weighted by atomic mass is 16.5. The molecule has 156 valence electrons. The summed E-state index contributed by atoms with van der Waals surface area (Å²) < 4.78 is 11.7. The van der Waals surface area contributed by atoms with Gasteiger partial charge in [-0.3, -0.25) is 9.59 Å². The molecule has 0 aromatic heterocycles. The number of rotatable bonds is 5. The molecule has 2 aromatic carbocycles. The summed E-state index contributed by atoms with van der Waals surface area (Å²) in [5.74, 6) is 0.843. The van der Waals surface area contributed by atoms with Gasteiger partial charge in [0.1, 0.15) is 18.5 Å². The first-order valence-electron chi connectivity index (χ1n) is 10.4.